The molecule has 1 aliphatic carbocycles. The molecule has 0 aromatic heterocycles. The lowest BCUT2D eigenvalue weighted by Crippen LogP contribution is -2.39. The lowest BCUT2D eigenvalue weighted by molar-refractivity contribution is -0.139. The van der Waals surface area contributed by atoms with Crippen molar-refractivity contribution in [3.05, 3.63) is 64.7 Å². The van der Waals surface area contributed by atoms with Crippen LogP contribution in [0.2, 0.25) is 0 Å². The molecule has 9 heteroatoms. The van der Waals surface area contributed by atoms with Crippen LogP contribution in [0.3, 0.4) is 0 Å². The maximum Gasteiger partial charge on any atom is 0.325 e. The summed E-state index contributed by atoms with van der Waals surface area (Å²) in [7, 11) is 5.46. The van der Waals surface area contributed by atoms with E-state index in [1.807, 2.05) is 0 Å². The van der Waals surface area contributed by atoms with Gasteiger partial charge in [0.25, 0.3) is 11.8 Å². The Morgan fingerprint density at radius 2 is 1.61 bits per heavy atom. The minimum atomic E-state index is -0.536. The maximum atomic E-state index is 13.3. The topological polar surface area (TPSA) is 117 Å². The summed E-state index contributed by atoms with van der Waals surface area (Å²) in [6, 6.07) is 12.8. The van der Waals surface area contributed by atoms with Crippen molar-refractivity contribution in [3.63, 3.8) is 0 Å². The van der Waals surface area contributed by atoms with Gasteiger partial charge in [0.2, 0.25) is 0 Å². The average Bonchev–Trinajstić information content (AvgIpc) is 3.25. The fraction of sp³-hybridized carbons (Fsp3) is 0.379. The molecule has 0 unspecified atom stereocenters. The fourth-order valence-electron chi connectivity index (χ4n) is 4.99. The minimum absolute atomic E-state index is 0.0784. The number of esters is 1. The molecular formula is C29H34N4O5. The highest BCUT2D eigenvalue weighted by Crippen LogP contribution is 2.38. The van der Waals surface area contributed by atoms with E-state index in [2.05, 4.69) is 39.7 Å². The number of ether oxygens (including phenoxy) is 1. The molecule has 2 aliphatic rings. The Morgan fingerprint density at radius 1 is 0.974 bits per heavy atom. The largest absolute Gasteiger partial charge is 0.468 e. The first-order valence-electron chi connectivity index (χ1n) is 12.8. The Bertz CT molecular complexity index is 1270. The van der Waals surface area contributed by atoms with Gasteiger partial charge in [-0.2, -0.15) is 0 Å². The predicted molar refractivity (Wildman–Crippen MR) is 146 cm³/mol. The standard InChI is InChI=1S/C29H34N4O5/c1-17(34)20-9-14-24-23(15-20)26(29(37)32-24)27(31-21-10-12-22(13-11-21)33(2)3)18-5-7-19(8-6-18)28(36)30-16-25(35)38-4/h5-9,14-15,21-22,31H,10-13,16H2,1-4H3,(H,30,36)(H,32,37)/b27-26-/t21-,22-. The van der Waals surface area contributed by atoms with Crippen molar-refractivity contribution >= 4 is 40.5 Å². The highest BCUT2D eigenvalue weighted by atomic mass is 16.5. The van der Waals surface area contributed by atoms with Crippen LogP contribution in [0.25, 0.3) is 11.3 Å². The molecule has 1 fully saturated rings. The predicted octanol–water partition coefficient (Wildman–Crippen LogP) is 3.07. The number of benzene rings is 2. The first kappa shape index (κ1) is 27.1. The zero-order valence-electron chi connectivity index (χ0n) is 22.2. The Kier molecular flexibility index (Phi) is 8.26. The first-order valence-corrected chi connectivity index (χ1v) is 12.8. The van der Waals surface area contributed by atoms with Gasteiger partial charge in [0, 0.05) is 34.5 Å². The quantitative estimate of drug-likeness (QED) is 0.279. The number of anilines is 1. The normalized spacial score (nSPS) is 19.9. The number of hydrogen-bond acceptors (Lipinski definition) is 7. The lowest BCUT2D eigenvalue weighted by atomic mass is 9.89. The number of fused-ring (bicyclic) bond motifs is 1. The Hall–Kier alpha value is -3.98. The number of amides is 2. The van der Waals surface area contributed by atoms with Crippen LogP contribution in [0.5, 0.6) is 0 Å². The molecule has 2 amide bonds. The summed E-state index contributed by atoms with van der Waals surface area (Å²) >= 11 is 0. The van der Waals surface area contributed by atoms with Crippen molar-refractivity contribution in [1.82, 2.24) is 15.5 Å². The van der Waals surface area contributed by atoms with E-state index < -0.39 is 11.9 Å². The van der Waals surface area contributed by atoms with Gasteiger partial charge in [-0.3, -0.25) is 19.2 Å². The Labute approximate surface area is 222 Å². The summed E-state index contributed by atoms with van der Waals surface area (Å²) in [6.45, 7) is 1.28. The summed E-state index contributed by atoms with van der Waals surface area (Å²) in [6.07, 6.45) is 4.00. The third-order valence-electron chi connectivity index (χ3n) is 7.25. The van der Waals surface area contributed by atoms with E-state index in [9.17, 15) is 19.2 Å². The monoisotopic (exact) mass is 518 g/mol. The van der Waals surface area contributed by atoms with Gasteiger partial charge in [-0.05, 0) is 82.6 Å². The van der Waals surface area contributed by atoms with Crippen molar-refractivity contribution in [3.8, 4) is 0 Å². The van der Waals surface area contributed by atoms with Crippen molar-refractivity contribution in [2.24, 2.45) is 0 Å². The van der Waals surface area contributed by atoms with Gasteiger partial charge in [-0.25, -0.2) is 0 Å². The number of rotatable bonds is 8. The van der Waals surface area contributed by atoms with E-state index in [0.29, 0.717) is 39.7 Å². The molecule has 2 aromatic rings. The van der Waals surface area contributed by atoms with Crippen molar-refractivity contribution in [2.45, 2.75) is 44.7 Å². The molecule has 1 heterocycles. The number of carbonyl (C=O) groups excluding carboxylic acids is 4. The van der Waals surface area contributed by atoms with E-state index in [-0.39, 0.29) is 24.3 Å². The zero-order valence-corrected chi connectivity index (χ0v) is 22.2. The van der Waals surface area contributed by atoms with Gasteiger partial charge in [-0.15, -0.1) is 0 Å². The number of ketones is 1. The highest BCUT2D eigenvalue weighted by Gasteiger charge is 2.31. The van der Waals surface area contributed by atoms with E-state index in [1.165, 1.54) is 14.0 Å². The summed E-state index contributed by atoms with van der Waals surface area (Å²) in [5.74, 6) is -1.26. The zero-order chi connectivity index (χ0) is 27.4. The molecule has 38 heavy (non-hydrogen) atoms. The van der Waals surface area contributed by atoms with Crippen molar-refractivity contribution in [2.75, 3.05) is 33.1 Å². The number of methoxy groups -OCH3 is 1. The molecule has 1 saturated carbocycles. The highest BCUT2D eigenvalue weighted by molar-refractivity contribution is 6.36. The number of nitrogens with zero attached hydrogens (tertiary/aromatic N) is 1. The van der Waals surface area contributed by atoms with Crippen LogP contribution in [0.1, 0.15) is 64.4 Å². The molecule has 200 valence electrons. The van der Waals surface area contributed by atoms with Gasteiger partial charge >= 0.3 is 5.97 Å². The van der Waals surface area contributed by atoms with Crippen LogP contribution >= 0.6 is 0 Å². The Morgan fingerprint density at radius 3 is 2.21 bits per heavy atom. The second-order valence-electron chi connectivity index (χ2n) is 9.97. The third-order valence-corrected chi connectivity index (χ3v) is 7.25. The molecule has 3 N–H and O–H groups in total. The smallest absolute Gasteiger partial charge is 0.325 e. The van der Waals surface area contributed by atoms with Crippen LogP contribution in [-0.4, -0.2) is 68.3 Å². The van der Waals surface area contributed by atoms with E-state index in [4.69, 9.17) is 0 Å². The second kappa shape index (κ2) is 11.6. The van der Waals surface area contributed by atoms with Gasteiger partial charge in [0.1, 0.15) is 6.54 Å². The molecule has 1 aliphatic heterocycles. The van der Waals surface area contributed by atoms with Gasteiger partial charge in [0.05, 0.1) is 18.4 Å². The van der Waals surface area contributed by atoms with Crippen LogP contribution in [0.15, 0.2) is 42.5 Å². The molecule has 9 nitrogen and oxygen atoms in total. The molecule has 0 bridgehead atoms. The summed E-state index contributed by atoms with van der Waals surface area (Å²) in [4.78, 5) is 51.4. The van der Waals surface area contributed by atoms with E-state index in [1.54, 1.807) is 42.5 Å². The SMILES string of the molecule is COC(=O)CNC(=O)c1ccc(/C(N[C@H]2CC[C@H](N(C)C)CC2)=C2/C(=O)Nc3ccc(C(C)=O)cc32)cc1. The van der Waals surface area contributed by atoms with Crippen LogP contribution in [0.4, 0.5) is 5.69 Å². The fourth-order valence-corrected chi connectivity index (χ4v) is 4.99. The molecule has 0 saturated heterocycles. The molecular weight excluding hydrogens is 484 g/mol. The van der Waals surface area contributed by atoms with Gasteiger partial charge in [-0.1, -0.05) is 12.1 Å². The maximum absolute atomic E-state index is 13.3. The van der Waals surface area contributed by atoms with Crippen molar-refractivity contribution in [1.29, 1.82) is 0 Å². The molecule has 4 rings (SSSR count). The van der Waals surface area contributed by atoms with Crippen LogP contribution in [-0.2, 0) is 14.3 Å². The molecule has 0 spiro atoms. The van der Waals surface area contributed by atoms with E-state index >= 15 is 0 Å². The summed E-state index contributed by atoms with van der Waals surface area (Å²) < 4.78 is 4.57. The lowest BCUT2D eigenvalue weighted by Gasteiger charge is -2.34. The van der Waals surface area contributed by atoms with Crippen LogP contribution in [0, 0.1) is 0 Å². The van der Waals surface area contributed by atoms with Gasteiger partial charge in [0.15, 0.2) is 5.78 Å². The minimum Gasteiger partial charge on any atom is -0.468 e. The first-order chi connectivity index (χ1) is 18.2. The summed E-state index contributed by atoms with van der Waals surface area (Å²) in [5, 5.41) is 9.09. The molecule has 2 aromatic carbocycles. The number of hydrogen-bond donors (Lipinski definition) is 3. The number of Topliss-reactive ketones (excluding diaryl/α,β-unsaturated/α-hetero) is 1. The van der Waals surface area contributed by atoms with Crippen molar-refractivity contribution < 1.29 is 23.9 Å². The molecule has 0 radical (unpaired) electrons. The second-order valence-corrected chi connectivity index (χ2v) is 9.97. The van der Waals surface area contributed by atoms with Crippen LogP contribution < -0.4 is 16.0 Å². The molecule has 0 atom stereocenters. The number of carbonyl (C=O) groups is 4. The third kappa shape index (κ3) is 5.94. The van der Waals surface area contributed by atoms with Gasteiger partial charge < -0.3 is 25.6 Å². The van der Waals surface area contributed by atoms with E-state index in [0.717, 1.165) is 31.2 Å². The Balaban J connectivity index is 1.69. The average molecular weight is 519 g/mol. The summed E-state index contributed by atoms with van der Waals surface area (Å²) in [5.41, 5.74) is 4.12. The number of nitrogens with one attached hydrogen (secondary N) is 3.